The van der Waals surface area contributed by atoms with Gasteiger partial charge in [-0.3, -0.25) is 9.88 Å². The zero-order valence-corrected chi connectivity index (χ0v) is 10.8. The summed E-state index contributed by atoms with van der Waals surface area (Å²) in [7, 11) is 0. The fraction of sp³-hybridized carbons (Fsp3) is 0.400. The van der Waals surface area contributed by atoms with Gasteiger partial charge in [-0.05, 0) is 12.1 Å². The zero-order valence-electron chi connectivity index (χ0n) is 10.8. The SMILES string of the molecule is OCC1COCCN1Cc1ccc2ccccc2n1. The molecule has 1 saturated heterocycles. The van der Waals surface area contributed by atoms with Gasteiger partial charge in [0.05, 0.1) is 37.1 Å². The number of fused-ring (bicyclic) bond motifs is 1. The normalized spacial score (nSPS) is 20.8. The minimum atomic E-state index is 0.0852. The maximum Gasteiger partial charge on any atom is 0.0705 e. The Balaban J connectivity index is 1.80. The van der Waals surface area contributed by atoms with Gasteiger partial charge in [0, 0.05) is 18.5 Å². The van der Waals surface area contributed by atoms with Crippen LogP contribution < -0.4 is 0 Å². The Kier molecular flexibility index (Phi) is 3.73. The predicted molar refractivity (Wildman–Crippen MR) is 73.8 cm³/mol. The summed E-state index contributed by atoms with van der Waals surface area (Å²) in [6.45, 7) is 3.07. The van der Waals surface area contributed by atoms with E-state index in [0.29, 0.717) is 6.61 Å². The molecule has 0 aliphatic carbocycles. The van der Waals surface area contributed by atoms with E-state index < -0.39 is 0 Å². The Morgan fingerprint density at radius 3 is 3.05 bits per heavy atom. The second-order valence-corrected chi connectivity index (χ2v) is 4.88. The highest BCUT2D eigenvalue weighted by Crippen LogP contribution is 2.15. The average Bonchev–Trinajstić information content (AvgIpc) is 2.48. The smallest absolute Gasteiger partial charge is 0.0705 e. The molecule has 1 fully saturated rings. The van der Waals surface area contributed by atoms with Crippen LogP contribution in [-0.2, 0) is 11.3 Å². The van der Waals surface area contributed by atoms with Gasteiger partial charge < -0.3 is 9.84 Å². The summed E-state index contributed by atoms with van der Waals surface area (Å²) in [4.78, 5) is 6.91. The molecule has 0 radical (unpaired) electrons. The number of morpholine rings is 1. The maximum absolute atomic E-state index is 9.37. The number of aliphatic hydroxyl groups is 1. The van der Waals surface area contributed by atoms with Crippen molar-refractivity contribution in [2.75, 3.05) is 26.4 Å². The van der Waals surface area contributed by atoms with Crippen molar-refractivity contribution in [3.8, 4) is 0 Å². The number of para-hydroxylation sites is 1. The molecular weight excluding hydrogens is 240 g/mol. The van der Waals surface area contributed by atoms with Crippen molar-refractivity contribution in [1.29, 1.82) is 0 Å². The fourth-order valence-corrected chi connectivity index (χ4v) is 2.47. The maximum atomic E-state index is 9.37. The standard InChI is InChI=1S/C15H18N2O2/c18-10-14-11-19-8-7-17(14)9-13-6-5-12-3-1-2-4-15(12)16-13/h1-6,14,18H,7-11H2. The molecule has 1 N–H and O–H groups in total. The molecule has 1 atom stereocenters. The molecule has 100 valence electrons. The lowest BCUT2D eigenvalue weighted by Gasteiger charge is -2.34. The minimum Gasteiger partial charge on any atom is -0.395 e. The van der Waals surface area contributed by atoms with Crippen molar-refractivity contribution in [2.45, 2.75) is 12.6 Å². The van der Waals surface area contributed by atoms with Gasteiger partial charge in [-0.15, -0.1) is 0 Å². The molecule has 1 aliphatic heterocycles. The number of pyridine rings is 1. The molecule has 3 rings (SSSR count). The van der Waals surface area contributed by atoms with E-state index in [1.165, 1.54) is 0 Å². The molecule has 4 nitrogen and oxygen atoms in total. The van der Waals surface area contributed by atoms with Crippen LogP contribution in [0, 0.1) is 0 Å². The van der Waals surface area contributed by atoms with Gasteiger partial charge in [0.1, 0.15) is 0 Å². The van der Waals surface area contributed by atoms with E-state index in [2.05, 4.69) is 28.1 Å². The lowest BCUT2D eigenvalue weighted by molar-refractivity contribution is -0.0317. The van der Waals surface area contributed by atoms with Crippen molar-refractivity contribution in [3.63, 3.8) is 0 Å². The first-order valence-corrected chi connectivity index (χ1v) is 6.64. The van der Waals surface area contributed by atoms with E-state index in [9.17, 15) is 5.11 Å². The van der Waals surface area contributed by atoms with Crippen LogP contribution in [0.5, 0.6) is 0 Å². The molecule has 0 bridgehead atoms. The van der Waals surface area contributed by atoms with Gasteiger partial charge in [-0.2, -0.15) is 0 Å². The number of nitrogens with zero attached hydrogens (tertiary/aromatic N) is 2. The van der Waals surface area contributed by atoms with E-state index in [1.54, 1.807) is 0 Å². The number of hydrogen-bond acceptors (Lipinski definition) is 4. The highest BCUT2D eigenvalue weighted by atomic mass is 16.5. The first-order chi connectivity index (χ1) is 9.36. The van der Waals surface area contributed by atoms with Crippen LogP contribution >= 0.6 is 0 Å². The third kappa shape index (κ3) is 2.76. The summed E-state index contributed by atoms with van der Waals surface area (Å²) in [6, 6.07) is 12.4. The molecule has 4 heteroatoms. The lowest BCUT2D eigenvalue weighted by Crippen LogP contribution is -2.46. The predicted octanol–water partition coefficient (Wildman–Crippen LogP) is 1.43. The molecule has 1 aromatic carbocycles. The van der Waals surface area contributed by atoms with Gasteiger partial charge in [-0.1, -0.05) is 24.3 Å². The molecule has 2 heterocycles. The average molecular weight is 258 g/mol. The number of benzene rings is 1. The topological polar surface area (TPSA) is 45.6 Å². The van der Waals surface area contributed by atoms with Crippen molar-refractivity contribution in [3.05, 3.63) is 42.1 Å². The number of aliphatic hydroxyl groups excluding tert-OH is 1. The number of aromatic nitrogens is 1. The van der Waals surface area contributed by atoms with Crippen LogP contribution in [0.25, 0.3) is 10.9 Å². The quantitative estimate of drug-likeness (QED) is 0.904. The first kappa shape index (κ1) is 12.5. The van der Waals surface area contributed by atoms with Crippen LogP contribution in [0.2, 0.25) is 0 Å². The van der Waals surface area contributed by atoms with Crippen LogP contribution in [0.15, 0.2) is 36.4 Å². The van der Waals surface area contributed by atoms with E-state index >= 15 is 0 Å². The summed E-state index contributed by atoms with van der Waals surface area (Å²) >= 11 is 0. The Hall–Kier alpha value is -1.49. The van der Waals surface area contributed by atoms with Crippen molar-refractivity contribution in [1.82, 2.24) is 9.88 Å². The number of ether oxygens (including phenoxy) is 1. The molecule has 0 spiro atoms. The molecule has 0 amide bonds. The minimum absolute atomic E-state index is 0.0852. The van der Waals surface area contributed by atoms with Crippen molar-refractivity contribution >= 4 is 10.9 Å². The molecule has 1 aliphatic rings. The zero-order chi connectivity index (χ0) is 13.1. The van der Waals surface area contributed by atoms with Crippen LogP contribution in [-0.4, -0.2) is 47.4 Å². The molecule has 1 aromatic heterocycles. The summed E-state index contributed by atoms with van der Waals surface area (Å²) in [6.07, 6.45) is 0. The highest BCUT2D eigenvalue weighted by molar-refractivity contribution is 5.78. The van der Waals surface area contributed by atoms with Crippen LogP contribution in [0.3, 0.4) is 0 Å². The summed E-state index contributed by atoms with van der Waals surface area (Å²) < 4.78 is 5.39. The monoisotopic (exact) mass is 258 g/mol. The third-order valence-electron chi connectivity index (χ3n) is 3.58. The molecule has 0 saturated carbocycles. The Labute approximate surface area is 112 Å². The number of rotatable bonds is 3. The van der Waals surface area contributed by atoms with Gasteiger partial charge in [0.15, 0.2) is 0 Å². The largest absolute Gasteiger partial charge is 0.395 e. The fourth-order valence-electron chi connectivity index (χ4n) is 2.47. The van der Waals surface area contributed by atoms with Gasteiger partial charge in [0.2, 0.25) is 0 Å². The number of hydrogen-bond donors (Lipinski definition) is 1. The summed E-state index contributed by atoms with van der Waals surface area (Å²) in [5, 5.41) is 10.5. The van der Waals surface area contributed by atoms with E-state index in [4.69, 9.17) is 4.74 Å². The second kappa shape index (κ2) is 5.65. The van der Waals surface area contributed by atoms with Crippen LogP contribution in [0.1, 0.15) is 5.69 Å². The van der Waals surface area contributed by atoms with E-state index in [1.807, 2.05) is 18.2 Å². The van der Waals surface area contributed by atoms with E-state index in [-0.39, 0.29) is 12.6 Å². The Morgan fingerprint density at radius 1 is 1.26 bits per heavy atom. The lowest BCUT2D eigenvalue weighted by atomic mass is 10.2. The Morgan fingerprint density at radius 2 is 2.16 bits per heavy atom. The van der Waals surface area contributed by atoms with E-state index in [0.717, 1.165) is 36.3 Å². The first-order valence-electron chi connectivity index (χ1n) is 6.64. The Bertz CT molecular complexity index is 559. The molecule has 19 heavy (non-hydrogen) atoms. The van der Waals surface area contributed by atoms with Gasteiger partial charge in [-0.25, -0.2) is 0 Å². The highest BCUT2D eigenvalue weighted by Gasteiger charge is 2.22. The van der Waals surface area contributed by atoms with Crippen molar-refractivity contribution < 1.29 is 9.84 Å². The van der Waals surface area contributed by atoms with Crippen LogP contribution in [0.4, 0.5) is 0 Å². The second-order valence-electron chi connectivity index (χ2n) is 4.88. The third-order valence-corrected chi connectivity index (χ3v) is 3.58. The molecule has 2 aromatic rings. The molecule has 1 unspecified atom stereocenters. The summed E-state index contributed by atoms with van der Waals surface area (Å²) in [5.41, 5.74) is 2.06. The van der Waals surface area contributed by atoms with Crippen molar-refractivity contribution in [2.24, 2.45) is 0 Å². The molecular formula is C15H18N2O2. The summed E-state index contributed by atoms with van der Waals surface area (Å²) in [5.74, 6) is 0. The van der Waals surface area contributed by atoms with Gasteiger partial charge >= 0.3 is 0 Å². The van der Waals surface area contributed by atoms with Gasteiger partial charge in [0.25, 0.3) is 0 Å².